The Morgan fingerprint density at radius 2 is 2.00 bits per heavy atom. The van der Waals surface area contributed by atoms with Crippen molar-refractivity contribution in [1.29, 1.82) is 0 Å². The quantitative estimate of drug-likeness (QED) is 0.798. The molecule has 0 amide bonds. The Morgan fingerprint density at radius 1 is 1.38 bits per heavy atom. The highest BCUT2D eigenvalue weighted by Crippen LogP contribution is 2.22. The number of nitrogens with two attached hydrogens (primary N) is 1. The van der Waals surface area contributed by atoms with Crippen molar-refractivity contribution in [3.05, 3.63) is 35.4 Å². The number of ether oxygens (including phenoxy) is 1. The van der Waals surface area contributed by atoms with Crippen LogP contribution in [0.2, 0.25) is 0 Å². The predicted molar refractivity (Wildman–Crippen MR) is 65.2 cm³/mol. The summed E-state index contributed by atoms with van der Waals surface area (Å²) in [5.41, 5.74) is 7.78. The molecule has 0 saturated carbocycles. The monoisotopic (exact) mass is 223 g/mol. The summed E-state index contributed by atoms with van der Waals surface area (Å²) < 4.78 is 5.41. The Bertz CT molecular complexity index is 336. The maximum Gasteiger partial charge on any atom is 0.0663 e. The van der Waals surface area contributed by atoms with Crippen LogP contribution in [0.25, 0.3) is 0 Å². The first kappa shape index (κ1) is 13.2. The highest BCUT2D eigenvalue weighted by molar-refractivity contribution is 5.31. The van der Waals surface area contributed by atoms with Crippen LogP contribution in [0.15, 0.2) is 24.3 Å². The molecule has 0 fully saturated rings. The van der Waals surface area contributed by atoms with Crippen LogP contribution in [0.3, 0.4) is 0 Å². The van der Waals surface area contributed by atoms with Crippen molar-refractivity contribution in [1.82, 2.24) is 0 Å². The van der Waals surface area contributed by atoms with E-state index in [-0.39, 0.29) is 18.2 Å². The van der Waals surface area contributed by atoms with E-state index >= 15 is 0 Å². The summed E-state index contributed by atoms with van der Waals surface area (Å²) in [4.78, 5) is 0. The van der Waals surface area contributed by atoms with Crippen molar-refractivity contribution in [3.8, 4) is 0 Å². The van der Waals surface area contributed by atoms with Crippen LogP contribution in [0.1, 0.15) is 31.0 Å². The molecule has 0 saturated heterocycles. The van der Waals surface area contributed by atoms with Crippen LogP contribution in [-0.4, -0.2) is 24.4 Å². The summed E-state index contributed by atoms with van der Waals surface area (Å²) in [7, 11) is 1.70. The van der Waals surface area contributed by atoms with Gasteiger partial charge in [0.15, 0.2) is 0 Å². The van der Waals surface area contributed by atoms with Gasteiger partial charge in [-0.3, -0.25) is 0 Å². The number of hydrogen-bond donors (Lipinski definition) is 2. The first-order valence-electron chi connectivity index (χ1n) is 5.49. The summed E-state index contributed by atoms with van der Waals surface area (Å²) in [5, 5.41) is 9.11. The smallest absolute Gasteiger partial charge is 0.0663 e. The van der Waals surface area contributed by atoms with Crippen molar-refractivity contribution < 1.29 is 9.84 Å². The molecule has 16 heavy (non-hydrogen) atoms. The Morgan fingerprint density at radius 3 is 2.56 bits per heavy atom. The lowest BCUT2D eigenvalue weighted by atomic mass is 9.92. The second kappa shape index (κ2) is 5.43. The third kappa shape index (κ3) is 3.30. The Balaban J connectivity index is 2.95. The molecule has 0 aliphatic rings. The first-order valence-corrected chi connectivity index (χ1v) is 5.49. The van der Waals surface area contributed by atoms with Crippen LogP contribution < -0.4 is 5.73 Å². The van der Waals surface area contributed by atoms with E-state index < -0.39 is 0 Å². The standard InChI is InChI=1S/C13H21NO2/c1-13(2,16-3)8-10-6-4-5-7-11(10)12(14)9-15/h4-7,12,15H,8-9,14H2,1-3H3. The van der Waals surface area contributed by atoms with Gasteiger partial charge in [0.1, 0.15) is 0 Å². The zero-order valence-electron chi connectivity index (χ0n) is 10.2. The second-order valence-electron chi connectivity index (χ2n) is 4.63. The second-order valence-corrected chi connectivity index (χ2v) is 4.63. The van der Waals surface area contributed by atoms with E-state index in [1.165, 1.54) is 0 Å². The first-order chi connectivity index (χ1) is 7.50. The minimum atomic E-state index is -0.316. The molecule has 1 aromatic rings. The third-order valence-electron chi connectivity index (χ3n) is 2.82. The van der Waals surface area contributed by atoms with Gasteiger partial charge in [-0.05, 0) is 25.0 Å². The fourth-order valence-electron chi connectivity index (χ4n) is 1.69. The molecule has 1 rings (SSSR count). The van der Waals surface area contributed by atoms with Crippen molar-refractivity contribution in [2.45, 2.75) is 31.9 Å². The normalized spacial score (nSPS) is 13.8. The highest BCUT2D eigenvalue weighted by atomic mass is 16.5. The maximum absolute atomic E-state index is 9.11. The molecular formula is C13H21NO2. The van der Waals surface area contributed by atoms with Crippen molar-refractivity contribution in [3.63, 3.8) is 0 Å². The molecule has 0 heterocycles. The topological polar surface area (TPSA) is 55.5 Å². The van der Waals surface area contributed by atoms with E-state index in [9.17, 15) is 0 Å². The lowest BCUT2D eigenvalue weighted by molar-refractivity contribution is 0.0229. The van der Waals surface area contributed by atoms with Crippen LogP contribution in [-0.2, 0) is 11.2 Å². The predicted octanol–water partition coefficient (Wildman–Crippen LogP) is 1.65. The molecule has 0 spiro atoms. The maximum atomic E-state index is 9.11. The molecule has 3 nitrogen and oxygen atoms in total. The summed E-state index contributed by atoms with van der Waals surface area (Å²) in [6, 6.07) is 7.60. The Labute approximate surface area is 97.2 Å². The molecule has 0 aliphatic heterocycles. The van der Waals surface area contributed by atoms with Crippen molar-refractivity contribution in [2.75, 3.05) is 13.7 Å². The zero-order valence-corrected chi connectivity index (χ0v) is 10.2. The van der Waals surface area contributed by atoms with E-state index in [2.05, 4.69) is 0 Å². The molecule has 0 bridgehead atoms. The van der Waals surface area contributed by atoms with Crippen molar-refractivity contribution in [2.24, 2.45) is 5.73 Å². The minimum Gasteiger partial charge on any atom is -0.394 e. The number of rotatable bonds is 5. The number of hydrogen-bond acceptors (Lipinski definition) is 3. The fourth-order valence-corrected chi connectivity index (χ4v) is 1.69. The summed E-state index contributed by atoms with van der Waals surface area (Å²) in [5.74, 6) is 0. The average molecular weight is 223 g/mol. The molecular weight excluding hydrogens is 202 g/mol. The molecule has 1 unspecified atom stereocenters. The van der Waals surface area contributed by atoms with Gasteiger partial charge in [0.25, 0.3) is 0 Å². The van der Waals surface area contributed by atoms with Crippen LogP contribution in [0, 0.1) is 0 Å². The Kier molecular flexibility index (Phi) is 4.47. The molecule has 1 atom stereocenters. The van der Waals surface area contributed by atoms with E-state index in [0.717, 1.165) is 17.5 Å². The lowest BCUT2D eigenvalue weighted by Gasteiger charge is -2.25. The molecule has 1 aromatic carbocycles. The molecule has 3 N–H and O–H groups in total. The summed E-state index contributed by atoms with van der Waals surface area (Å²) in [6.45, 7) is 4.03. The van der Waals surface area contributed by atoms with E-state index in [1.54, 1.807) is 7.11 Å². The van der Waals surface area contributed by atoms with Gasteiger partial charge in [0, 0.05) is 13.5 Å². The molecule has 0 radical (unpaired) electrons. The highest BCUT2D eigenvalue weighted by Gasteiger charge is 2.20. The summed E-state index contributed by atoms with van der Waals surface area (Å²) in [6.07, 6.45) is 0.785. The van der Waals surface area contributed by atoms with Crippen LogP contribution in [0.4, 0.5) is 0 Å². The van der Waals surface area contributed by atoms with Gasteiger partial charge >= 0.3 is 0 Å². The van der Waals surface area contributed by atoms with Crippen molar-refractivity contribution >= 4 is 0 Å². The van der Waals surface area contributed by atoms with Gasteiger partial charge < -0.3 is 15.6 Å². The minimum absolute atomic E-state index is 0.0373. The SMILES string of the molecule is COC(C)(C)Cc1ccccc1C(N)CO. The van der Waals surface area contributed by atoms with Crippen LogP contribution in [0.5, 0.6) is 0 Å². The Hall–Kier alpha value is -0.900. The van der Waals surface area contributed by atoms with E-state index in [0.29, 0.717) is 0 Å². The largest absolute Gasteiger partial charge is 0.394 e. The van der Waals surface area contributed by atoms with Gasteiger partial charge in [-0.15, -0.1) is 0 Å². The lowest BCUT2D eigenvalue weighted by Crippen LogP contribution is -2.27. The van der Waals surface area contributed by atoms with Gasteiger partial charge in [0.05, 0.1) is 18.2 Å². The molecule has 0 aromatic heterocycles. The average Bonchev–Trinajstić information content (AvgIpc) is 2.28. The number of benzene rings is 1. The number of aliphatic hydroxyl groups is 1. The molecule has 0 aliphatic carbocycles. The van der Waals surface area contributed by atoms with Gasteiger partial charge in [-0.2, -0.15) is 0 Å². The zero-order chi connectivity index (χ0) is 12.2. The van der Waals surface area contributed by atoms with E-state index in [4.69, 9.17) is 15.6 Å². The third-order valence-corrected chi connectivity index (χ3v) is 2.82. The summed E-state index contributed by atoms with van der Waals surface area (Å²) >= 11 is 0. The number of methoxy groups -OCH3 is 1. The van der Waals surface area contributed by atoms with Gasteiger partial charge in [-0.25, -0.2) is 0 Å². The van der Waals surface area contributed by atoms with Gasteiger partial charge in [-0.1, -0.05) is 24.3 Å². The number of aliphatic hydroxyl groups excluding tert-OH is 1. The van der Waals surface area contributed by atoms with Gasteiger partial charge in [0.2, 0.25) is 0 Å². The van der Waals surface area contributed by atoms with Crippen LogP contribution >= 0.6 is 0 Å². The van der Waals surface area contributed by atoms with E-state index in [1.807, 2.05) is 38.1 Å². The fraction of sp³-hybridized carbons (Fsp3) is 0.538. The molecule has 90 valence electrons. The molecule has 3 heteroatoms.